The van der Waals surface area contributed by atoms with Crippen LogP contribution in [0.15, 0.2) is 54.9 Å². The second-order valence-electron chi connectivity index (χ2n) is 6.09. The quantitative estimate of drug-likeness (QED) is 0.634. The van der Waals surface area contributed by atoms with Crippen LogP contribution < -0.4 is 16.4 Å². The van der Waals surface area contributed by atoms with Crippen LogP contribution >= 0.6 is 0 Å². The standard InChI is InChI=1S/C20H23N5/c1-14-8-9-15(2)17(12-14)25-20-18(21)19(23-13-24-20)22-11-10-16-6-4-3-5-7-16/h3-9,12-13H,10-11,21H2,1-2H3,(H2,22,23,24,25). The third-order valence-electron chi connectivity index (χ3n) is 4.08. The van der Waals surface area contributed by atoms with E-state index in [1.165, 1.54) is 17.5 Å². The van der Waals surface area contributed by atoms with Crippen molar-refractivity contribution in [3.05, 3.63) is 71.5 Å². The van der Waals surface area contributed by atoms with E-state index in [1.807, 2.05) is 18.2 Å². The van der Waals surface area contributed by atoms with Crippen LogP contribution in [0.25, 0.3) is 0 Å². The van der Waals surface area contributed by atoms with E-state index in [0.717, 1.165) is 24.2 Å². The second-order valence-corrected chi connectivity index (χ2v) is 6.09. The number of nitrogen functional groups attached to an aromatic ring is 1. The average Bonchev–Trinajstić information content (AvgIpc) is 2.62. The lowest BCUT2D eigenvalue weighted by Crippen LogP contribution is -2.11. The molecule has 2 aromatic carbocycles. The number of nitrogens with two attached hydrogens (primary N) is 1. The molecule has 0 amide bonds. The summed E-state index contributed by atoms with van der Waals surface area (Å²) in [5, 5.41) is 6.61. The fraction of sp³-hybridized carbons (Fsp3) is 0.200. The van der Waals surface area contributed by atoms with Crippen LogP contribution in [0.1, 0.15) is 16.7 Å². The molecule has 128 valence electrons. The summed E-state index contributed by atoms with van der Waals surface area (Å²) in [6, 6.07) is 16.6. The van der Waals surface area contributed by atoms with Gasteiger partial charge in [0.25, 0.3) is 0 Å². The van der Waals surface area contributed by atoms with Crippen molar-refractivity contribution in [1.29, 1.82) is 0 Å². The summed E-state index contributed by atoms with van der Waals surface area (Å²) in [4.78, 5) is 8.55. The van der Waals surface area contributed by atoms with Gasteiger partial charge in [-0.1, -0.05) is 42.5 Å². The van der Waals surface area contributed by atoms with Gasteiger partial charge >= 0.3 is 0 Å². The zero-order valence-corrected chi connectivity index (χ0v) is 14.6. The van der Waals surface area contributed by atoms with Gasteiger partial charge < -0.3 is 16.4 Å². The van der Waals surface area contributed by atoms with Gasteiger partial charge in [-0.05, 0) is 43.0 Å². The SMILES string of the molecule is Cc1ccc(C)c(Nc2ncnc(NCCc3ccccc3)c2N)c1. The number of nitrogens with one attached hydrogen (secondary N) is 2. The predicted molar refractivity (Wildman–Crippen MR) is 104 cm³/mol. The van der Waals surface area contributed by atoms with Crippen molar-refractivity contribution in [2.45, 2.75) is 20.3 Å². The smallest absolute Gasteiger partial charge is 0.159 e. The van der Waals surface area contributed by atoms with Crippen molar-refractivity contribution in [3.63, 3.8) is 0 Å². The van der Waals surface area contributed by atoms with Gasteiger partial charge in [-0.2, -0.15) is 0 Å². The number of rotatable bonds is 6. The zero-order valence-electron chi connectivity index (χ0n) is 14.6. The number of hydrogen-bond donors (Lipinski definition) is 3. The molecule has 5 heteroatoms. The lowest BCUT2D eigenvalue weighted by Gasteiger charge is -2.14. The average molecular weight is 333 g/mol. The molecule has 0 aliphatic rings. The topological polar surface area (TPSA) is 75.9 Å². The molecule has 1 aromatic heterocycles. The highest BCUT2D eigenvalue weighted by atomic mass is 15.1. The second kappa shape index (κ2) is 7.66. The van der Waals surface area contributed by atoms with E-state index in [9.17, 15) is 0 Å². The Kier molecular flexibility index (Phi) is 5.14. The molecule has 0 bridgehead atoms. The Hall–Kier alpha value is -3.08. The Bertz CT molecular complexity index is 846. The van der Waals surface area contributed by atoms with Crippen molar-refractivity contribution in [1.82, 2.24) is 9.97 Å². The van der Waals surface area contributed by atoms with Crippen LogP contribution in [0, 0.1) is 13.8 Å². The molecule has 0 saturated carbocycles. The number of benzene rings is 2. The van der Waals surface area contributed by atoms with Crippen LogP contribution in [0.3, 0.4) is 0 Å². The fourth-order valence-electron chi connectivity index (χ4n) is 2.60. The molecule has 4 N–H and O–H groups in total. The molecule has 0 spiro atoms. The highest BCUT2D eigenvalue weighted by Crippen LogP contribution is 2.27. The molecule has 0 aliphatic heterocycles. The molecular weight excluding hydrogens is 310 g/mol. The van der Waals surface area contributed by atoms with Gasteiger partial charge in [-0.15, -0.1) is 0 Å². The number of nitrogens with zero attached hydrogens (tertiary/aromatic N) is 2. The molecule has 0 fully saturated rings. The maximum absolute atomic E-state index is 6.25. The van der Waals surface area contributed by atoms with Crippen LogP contribution in [-0.2, 0) is 6.42 Å². The molecule has 25 heavy (non-hydrogen) atoms. The van der Waals surface area contributed by atoms with Crippen molar-refractivity contribution in [2.24, 2.45) is 0 Å². The number of aryl methyl sites for hydroxylation is 2. The van der Waals surface area contributed by atoms with Crippen molar-refractivity contribution in [2.75, 3.05) is 22.9 Å². The van der Waals surface area contributed by atoms with Gasteiger partial charge in [0, 0.05) is 12.2 Å². The molecule has 0 saturated heterocycles. The molecule has 0 aliphatic carbocycles. The number of aromatic nitrogens is 2. The minimum absolute atomic E-state index is 0.525. The van der Waals surface area contributed by atoms with E-state index in [4.69, 9.17) is 5.73 Å². The summed E-state index contributed by atoms with van der Waals surface area (Å²) in [7, 11) is 0. The van der Waals surface area contributed by atoms with Crippen molar-refractivity contribution < 1.29 is 0 Å². The van der Waals surface area contributed by atoms with Gasteiger partial charge in [0.1, 0.15) is 12.0 Å². The zero-order chi connectivity index (χ0) is 17.6. The van der Waals surface area contributed by atoms with E-state index in [0.29, 0.717) is 17.3 Å². The first-order valence-electron chi connectivity index (χ1n) is 8.36. The molecule has 5 nitrogen and oxygen atoms in total. The van der Waals surface area contributed by atoms with Crippen LogP contribution in [0.5, 0.6) is 0 Å². The molecule has 0 atom stereocenters. The van der Waals surface area contributed by atoms with E-state index in [1.54, 1.807) is 0 Å². The summed E-state index contributed by atoms with van der Waals surface area (Å²) >= 11 is 0. The minimum atomic E-state index is 0.525. The monoisotopic (exact) mass is 333 g/mol. The van der Waals surface area contributed by atoms with E-state index >= 15 is 0 Å². The number of anilines is 4. The highest BCUT2D eigenvalue weighted by Gasteiger charge is 2.09. The van der Waals surface area contributed by atoms with Gasteiger partial charge in [0.2, 0.25) is 0 Å². The maximum Gasteiger partial charge on any atom is 0.159 e. The Morgan fingerprint density at radius 2 is 1.72 bits per heavy atom. The van der Waals surface area contributed by atoms with Crippen LogP contribution in [-0.4, -0.2) is 16.5 Å². The first-order valence-corrected chi connectivity index (χ1v) is 8.36. The maximum atomic E-state index is 6.25. The van der Waals surface area contributed by atoms with Crippen LogP contribution in [0.4, 0.5) is 23.0 Å². The Balaban J connectivity index is 1.70. The summed E-state index contributed by atoms with van der Waals surface area (Å²) in [5.41, 5.74) is 11.4. The van der Waals surface area contributed by atoms with Crippen LogP contribution in [0.2, 0.25) is 0 Å². The molecule has 0 unspecified atom stereocenters. The third-order valence-corrected chi connectivity index (χ3v) is 4.08. The van der Waals surface area contributed by atoms with Gasteiger partial charge in [0.05, 0.1) is 0 Å². The van der Waals surface area contributed by atoms with E-state index in [2.05, 4.69) is 64.8 Å². The summed E-state index contributed by atoms with van der Waals surface area (Å²) in [5.74, 6) is 1.27. The number of hydrogen-bond acceptors (Lipinski definition) is 5. The highest BCUT2D eigenvalue weighted by molar-refractivity contribution is 5.78. The lowest BCUT2D eigenvalue weighted by molar-refractivity contribution is 1.00. The first kappa shape index (κ1) is 16.8. The van der Waals surface area contributed by atoms with E-state index < -0.39 is 0 Å². The fourth-order valence-corrected chi connectivity index (χ4v) is 2.60. The van der Waals surface area contributed by atoms with Crippen molar-refractivity contribution >= 4 is 23.0 Å². The van der Waals surface area contributed by atoms with E-state index in [-0.39, 0.29) is 0 Å². The normalized spacial score (nSPS) is 10.5. The summed E-state index contributed by atoms with van der Waals surface area (Å²) in [6.45, 7) is 4.87. The molecule has 0 radical (unpaired) electrons. The lowest BCUT2D eigenvalue weighted by atomic mass is 10.1. The third kappa shape index (κ3) is 4.26. The van der Waals surface area contributed by atoms with Crippen molar-refractivity contribution in [3.8, 4) is 0 Å². The summed E-state index contributed by atoms with van der Waals surface area (Å²) in [6.07, 6.45) is 2.43. The minimum Gasteiger partial charge on any atom is -0.393 e. The molecule has 1 heterocycles. The molecule has 3 rings (SSSR count). The summed E-state index contributed by atoms with van der Waals surface area (Å²) < 4.78 is 0. The van der Waals surface area contributed by atoms with Gasteiger partial charge in [-0.3, -0.25) is 0 Å². The molecular formula is C20H23N5. The predicted octanol–water partition coefficient (Wildman–Crippen LogP) is 4.07. The Labute approximate surface area is 148 Å². The van der Waals surface area contributed by atoms with Gasteiger partial charge in [-0.25, -0.2) is 9.97 Å². The Morgan fingerprint density at radius 3 is 2.52 bits per heavy atom. The Morgan fingerprint density at radius 1 is 0.960 bits per heavy atom. The van der Waals surface area contributed by atoms with Gasteiger partial charge in [0.15, 0.2) is 11.6 Å². The molecule has 3 aromatic rings. The largest absolute Gasteiger partial charge is 0.393 e. The first-order chi connectivity index (χ1) is 12.1.